The van der Waals surface area contributed by atoms with Crippen molar-refractivity contribution in [1.82, 2.24) is 15.3 Å². The molecule has 2 N–H and O–H groups in total. The zero-order chi connectivity index (χ0) is 11.7. The third-order valence-electron chi connectivity index (χ3n) is 3.37. The van der Waals surface area contributed by atoms with Crippen LogP contribution in [0.3, 0.4) is 0 Å². The van der Waals surface area contributed by atoms with Crippen LogP contribution in [0.2, 0.25) is 0 Å². The summed E-state index contributed by atoms with van der Waals surface area (Å²) in [5.41, 5.74) is 0. The maximum atomic E-state index is 4.71. The molecule has 5 nitrogen and oxygen atoms in total. The van der Waals surface area contributed by atoms with Gasteiger partial charge in [0.2, 0.25) is 0 Å². The lowest BCUT2D eigenvalue weighted by Crippen LogP contribution is -2.44. The standard InChI is InChI=1S/C12H19N5/c1-13-10-8-11(17-6-4-14-5-7-17)16-12(15-10)9-2-3-9/h8-9,14H,2-7H2,1H3,(H,13,15,16). The van der Waals surface area contributed by atoms with E-state index in [4.69, 9.17) is 4.98 Å². The number of nitrogens with zero attached hydrogens (tertiary/aromatic N) is 3. The van der Waals surface area contributed by atoms with Gasteiger partial charge in [-0.2, -0.15) is 0 Å². The first-order chi connectivity index (χ1) is 8.36. The minimum absolute atomic E-state index is 0.602. The molecule has 0 bridgehead atoms. The van der Waals surface area contributed by atoms with Crippen LogP contribution < -0.4 is 15.5 Å². The van der Waals surface area contributed by atoms with Crippen molar-refractivity contribution < 1.29 is 0 Å². The Morgan fingerprint density at radius 1 is 1.29 bits per heavy atom. The summed E-state index contributed by atoms with van der Waals surface area (Å²) in [6, 6.07) is 2.05. The highest BCUT2D eigenvalue weighted by Crippen LogP contribution is 2.39. The Morgan fingerprint density at radius 2 is 2.06 bits per heavy atom. The topological polar surface area (TPSA) is 53.1 Å². The van der Waals surface area contributed by atoms with Gasteiger partial charge in [0.15, 0.2) is 0 Å². The number of anilines is 2. The number of rotatable bonds is 3. The van der Waals surface area contributed by atoms with Gasteiger partial charge in [0, 0.05) is 45.2 Å². The molecule has 1 aromatic rings. The fraction of sp³-hybridized carbons (Fsp3) is 0.667. The molecule has 0 unspecified atom stereocenters. The molecule has 2 aliphatic rings. The molecule has 0 amide bonds. The molecule has 2 fully saturated rings. The number of hydrogen-bond donors (Lipinski definition) is 2. The molecule has 1 aliphatic carbocycles. The van der Waals surface area contributed by atoms with E-state index in [0.717, 1.165) is 43.6 Å². The first-order valence-corrected chi connectivity index (χ1v) is 6.39. The Morgan fingerprint density at radius 3 is 2.71 bits per heavy atom. The fourth-order valence-corrected chi connectivity index (χ4v) is 2.16. The van der Waals surface area contributed by atoms with Gasteiger partial charge < -0.3 is 15.5 Å². The number of hydrogen-bond acceptors (Lipinski definition) is 5. The van der Waals surface area contributed by atoms with Crippen molar-refractivity contribution in [3.63, 3.8) is 0 Å². The van der Waals surface area contributed by atoms with Crippen LogP contribution in [0.1, 0.15) is 24.6 Å². The fourth-order valence-electron chi connectivity index (χ4n) is 2.16. The van der Waals surface area contributed by atoms with Gasteiger partial charge in [0.05, 0.1) is 0 Å². The van der Waals surface area contributed by atoms with Crippen molar-refractivity contribution >= 4 is 11.6 Å². The van der Waals surface area contributed by atoms with Crippen LogP contribution in [-0.2, 0) is 0 Å². The van der Waals surface area contributed by atoms with Gasteiger partial charge in [-0.3, -0.25) is 0 Å². The summed E-state index contributed by atoms with van der Waals surface area (Å²) in [4.78, 5) is 11.6. The van der Waals surface area contributed by atoms with Crippen molar-refractivity contribution in [3.8, 4) is 0 Å². The quantitative estimate of drug-likeness (QED) is 0.809. The SMILES string of the molecule is CNc1cc(N2CCNCC2)nc(C2CC2)n1. The van der Waals surface area contributed by atoms with Gasteiger partial charge in [-0.1, -0.05) is 0 Å². The summed E-state index contributed by atoms with van der Waals surface area (Å²) in [7, 11) is 1.92. The van der Waals surface area contributed by atoms with Gasteiger partial charge in [-0.05, 0) is 12.8 Å². The van der Waals surface area contributed by atoms with E-state index < -0.39 is 0 Å². The minimum Gasteiger partial charge on any atom is -0.373 e. The van der Waals surface area contributed by atoms with Crippen LogP contribution in [0.5, 0.6) is 0 Å². The third-order valence-corrected chi connectivity index (χ3v) is 3.37. The summed E-state index contributed by atoms with van der Waals surface area (Å²) in [5.74, 6) is 3.64. The summed E-state index contributed by atoms with van der Waals surface area (Å²) >= 11 is 0. The van der Waals surface area contributed by atoms with Gasteiger partial charge in [-0.25, -0.2) is 9.97 Å². The van der Waals surface area contributed by atoms with Crippen molar-refractivity contribution in [2.45, 2.75) is 18.8 Å². The van der Waals surface area contributed by atoms with Gasteiger partial charge in [0.25, 0.3) is 0 Å². The molecule has 3 rings (SSSR count). The molecular weight excluding hydrogens is 214 g/mol. The maximum absolute atomic E-state index is 4.71. The smallest absolute Gasteiger partial charge is 0.136 e. The number of piperazine rings is 1. The molecule has 1 saturated carbocycles. The molecule has 0 atom stereocenters. The highest BCUT2D eigenvalue weighted by Gasteiger charge is 2.28. The summed E-state index contributed by atoms with van der Waals surface area (Å²) in [6.07, 6.45) is 2.49. The van der Waals surface area contributed by atoms with Crippen LogP contribution in [0.15, 0.2) is 6.07 Å². The van der Waals surface area contributed by atoms with Crippen LogP contribution >= 0.6 is 0 Å². The van der Waals surface area contributed by atoms with E-state index in [9.17, 15) is 0 Å². The molecule has 0 spiro atoms. The number of nitrogens with one attached hydrogen (secondary N) is 2. The lowest BCUT2D eigenvalue weighted by atomic mass is 10.3. The van der Waals surface area contributed by atoms with E-state index in [1.807, 2.05) is 7.05 Å². The van der Waals surface area contributed by atoms with Crippen molar-refractivity contribution in [1.29, 1.82) is 0 Å². The second kappa shape index (κ2) is 4.49. The van der Waals surface area contributed by atoms with Crippen LogP contribution in [0, 0.1) is 0 Å². The lowest BCUT2D eigenvalue weighted by Gasteiger charge is -2.28. The minimum atomic E-state index is 0.602. The zero-order valence-corrected chi connectivity index (χ0v) is 10.2. The first-order valence-electron chi connectivity index (χ1n) is 6.39. The van der Waals surface area contributed by atoms with E-state index >= 15 is 0 Å². The maximum Gasteiger partial charge on any atom is 0.136 e. The number of aromatic nitrogens is 2. The first kappa shape index (κ1) is 10.8. The largest absolute Gasteiger partial charge is 0.373 e. The van der Waals surface area contributed by atoms with Gasteiger partial charge in [-0.15, -0.1) is 0 Å². The van der Waals surface area contributed by atoms with E-state index in [-0.39, 0.29) is 0 Å². The highest BCUT2D eigenvalue weighted by molar-refractivity contribution is 5.50. The average molecular weight is 233 g/mol. The molecule has 17 heavy (non-hydrogen) atoms. The predicted molar refractivity (Wildman–Crippen MR) is 68.6 cm³/mol. The molecule has 1 saturated heterocycles. The predicted octanol–water partition coefficient (Wildman–Crippen LogP) is 0.805. The molecule has 1 aliphatic heterocycles. The molecule has 2 heterocycles. The van der Waals surface area contributed by atoms with Crippen LogP contribution in [0.4, 0.5) is 11.6 Å². The summed E-state index contributed by atoms with van der Waals surface area (Å²) in [6.45, 7) is 4.14. The summed E-state index contributed by atoms with van der Waals surface area (Å²) in [5, 5.41) is 6.50. The highest BCUT2D eigenvalue weighted by atomic mass is 15.2. The Hall–Kier alpha value is -1.36. The van der Waals surface area contributed by atoms with E-state index in [2.05, 4.69) is 26.6 Å². The van der Waals surface area contributed by atoms with Crippen molar-refractivity contribution in [3.05, 3.63) is 11.9 Å². The second-order valence-corrected chi connectivity index (χ2v) is 4.73. The van der Waals surface area contributed by atoms with Crippen molar-refractivity contribution in [2.24, 2.45) is 0 Å². The van der Waals surface area contributed by atoms with E-state index in [1.54, 1.807) is 0 Å². The Balaban J connectivity index is 1.88. The molecule has 92 valence electrons. The average Bonchev–Trinajstić information content (AvgIpc) is 3.23. The Bertz CT molecular complexity index is 396. The monoisotopic (exact) mass is 233 g/mol. The normalized spacial score (nSPS) is 20.4. The summed E-state index contributed by atoms with van der Waals surface area (Å²) < 4.78 is 0. The van der Waals surface area contributed by atoms with Crippen molar-refractivity contribution in [2.75, 3.05) is 43.4 Å². The van der Waals surface area contributed by atoms with Gasteiger partial charge in [0.1, 0.15) is 17.5 Å². The van der Waals surface area contributed by atoms with Crippen LogP contribution in [-0.4, -0.2) is 43.2 Å². The Kier molecular flexibility index (Phi) is 2.84. The zero-order valence-electron chi connectivity index (χ0n) is 10.2. The van der Waals surface area contributed by atoms with Gasteiger partial charge >= 0.3 is 0 Å². The molecule has 5 heteroatoms. The second-order valence-electron chi connectivity index (χ2n) is 4.73. The molecule has 0 radical (unpaired) electrons. The van der Waals surface area contributed by atoms with E-state index in [0.29, 0.717) is 5.92 Å². The Labute approximate surface area is 102 Å². The van der Waals surface area contributed by atoms with Crippen LogP contribution in [0.25, 0.3) is 0 Å². The van der Waals surface area contributed by atoms with E-state index in [1.165, 1.54) is 12.8 Å². The molecule has 0 aromatic carbocycles. The molecular formula is C12H19N5. The lowest BCUT2D eigenvalue weighted by molar-refractivity contribution is 0.583. The molecule has 1 aromatic heterocycles. The third kappa shape index (κ3) is 2.34.